The molecule has 4 unspecified atom stereocenters. The van der Waals surface area contributed by atoms with Crippen molar-refractivity contribution in [2.24, 2.45) is 11.8 Å². The molecule has 2 aliphatic carbocycles. The van der Waals surface area contributed by atoms with Gasteiger partial charge in [0.1, 0.15) is 11.1 Å². The molecule has 3 aliphatic heterocycles. The smallest absolute Gasteiger partial charge is 0.185 e. The fraction of sp³-hybridized carbons (Fsp3) is 0.519. The van der Waals surface area contributed by atoms with Gasteiger partial charge in [-0.05, 0) is 50.2 Å². The zero-order valence-electron chi connectivity index (χ0n) is 19.9. The summed E-state index contributed by atoms with van der Waals surface area (Å²) in [4.78, 5) is 7.34. The van der Waals surface area contributed by atoms with E-state index in [9.17, 15) is 5.26 Å². The van der Waals surface area contributed by atoms with Crippen molar-refractivity contribution in [1.82, 2.24) is 19.9 Å². The molecule has 1 aromatic carbocycles. The highest BCUT2D eigenvalue weighted by Crippen LogP contribution is 2.56. The van der Waals surface area contributed by atoms with Gasteiger partial charge in [-0.25, -0.2) is 9.50 Å². The van der Waals surface area contributed by atoms with Crippen molar-refractivity contribution in [2.45, 2.75) is 56.7 Å². The Bertz CT molecular complexity index is 1200. The van der Waals surface area contributed by atoms with E-state index in [1.165, 1.54) is 12.1 Å². The average molecular weight is 457 g/mol. The SMILES string of the molecule is Cc1cc(N2CCC(C)C2)cn2nc(C34CC(CO3)C4NC3(C#N)CC3)nc12.c1ccccc1. The minimum Gasteiger partial charge on any atom is -0.370 e. The second-order valence-electron chi connectivity index (χ2n) is 10.6. The zero-order valence-corrected chi connectivity index (χ0v) is 19.9. The Labute approximate surface area is 200 Å². The molecule has 5 aliphatic rings. The summed E-state index contributed by atoms with van der Waals surface area (Å²) in [6.07, 6.45) is 6.15. The van der Waals surface area contributed by atoms with Crippen molar-refractivity contribution < 1.29 is 4.74 Å². The lowest BCUT2D eigenvalue weighted by molar-refractivity contribution is -0.0445. The van der Waals surface area contributed by atoms with E-state index < -0.39 is 5.60 Å². The molecule has 0 radical (unpaired) electrons. The number of rotatable bonds is 4. The number of nitrogens with zero attached hydrogens (tertiary/aromatic N) is 5. The quantitative estimate of drug-likeness (QED) is 0.643. The number of nitriles is 1. The van der Waals surface area contributed by atoms with E-state index in [0.29, 0.717) is 5.92 Å². The van der Waals surface area contributed by atoms with Crippen LogP contribution in [0.5, 0.6) is 0 Å². The van der Waals surface area contributed by atoms with Crippen molar-refractivity contribution in [1.29, 1.82) is 5.26 Å². The lowest BCUT2D eigenvalue weighted by atomic mass is 9.68. The Morgan fingerprint density at radius 2 is 1.91 bits per heavy atom. The summed E-state index contributed by atoms with van der Waals surface area (Å²) < 4.78 is 8.16. The Kier molecular flexibility index (Phi) is 5.12. The maximum absolute atomic E-state index is 9.48. The molecule has 8 rings (SSSR count). The molecular weight excluding hydrogens is 424 g/mol. The first-order valence-corrected chi connectivity index (χ1v) is 12.5. The number of aryl methyl sites for hydroxylation is 1. The van der Waals surface area contributed by atoms with E-state index in [-0.39, 0.29) is 11.6 Å². The Morgan fingerprint density at radius 1 is 1.18 bits per heavy atom. The third kappa shape index (κ3) is 3.57. The molecule has 7 heteroatoms. The van der Waals surface area contributed by atoms with Crippen LogP contribution in [-0.2, 0) is 10.3 Å². The molecule has 4 atom stereocenters. The van der Waals surface area contributed by atoms with Crippen LogP contribution in [0.25, 0.3) is 5.65 Å². The molecular formula is C27H32N6O. The minimum absolute atomic E-state index is 0.145. The third-order valence-corrected chi connectivity index (χ3v) is 7.93. The zero-order chi connectivity index (χ0) is 23.3. The van der Waals surface area contributed by atoms with Gasteiger partial charge in [0.2, 0.25) is 0 Å². The van der Waals surface area contributed by atoms with Crippen LogP contribution < -0.4 is 10.2 Å². The lowest BCUT2D eigenvalue weighted by Crippen LogP contribution is -2.61. The molecule has 2 bridgehead atoms. The van der Waals surface area contributed by atoms with Gasteiger partial charge in [-0.3, -0.25) is 5.32 Å². The molecule has 5 fully saturated rings. The highest BCUT2D eigenvalue weighted by atomic mass is 16.5. The summed E-state index contributed by atoms with van der Waals surface area (Å²) >= 11 is 0. The van der Waals surface area contributed by atoms with Gasteiger partial charge in [-0.1, -0.05) is 43.3 Å². The molecule has 3 saturated heterocycles. The van der Waals surface area contributed by atoms with Gasteiger partial charge < -0.3 is 9.64 Å². The van der Waals surface area contributed by atoms with Crippen molar-refractivity contribution in [2.75, 3.05) is 24.6 Å². The number of pyridine rings is 1. The van der Waals surface area contributed by atoms with E-state index in [2.05, 4.69) is 42.4 Å². The summed E-state index contributed by atoms with van der Waals surface area (Å²) in [7, 11) is 0. The number of fused-ring (bicyclic) bond motifs is 2. The largest absolute Gasteiger partial charge is 0.370 e. The maximum atomic E-state index is 9.48. The van der Waals surface area contributed by atoms with E-state index in [4.69, 9.17) is 14.8 Å². The second kappa shape index (κ2) is 8.07. The number of ether oxygens (including phenoxy) is 1. The number of anilines is 1. The van der Waals surface area contributed by atoms with Crippen molar-refractivity contribution in [3.8, 4) is 6.07 Å². The number of aromatic nitrogens is 3. The number of benzene rings is 1. The predicted molar refractivity (Wildman–Crippen MR) is 130 cm³/mol. The molecule has 7 nitrogen and oxygen atoms in total. The molecule has 34 heavy (non-hydrogen) atoms. The molecule has 0 amide bonds. The van der Waals surface area contributed by atoms with Crippen molar-refractivity contribution in [3.05, 3.63) is 60.0 Å². The predicted octanol–water partition coefficient (Wildman–Crippen LogP) is 3.83. The van der Waals surface area contributed by atoms with Crippen LogP contribution in [0.3, 0.4) is 0 Å². The molecule has 3 aromatic rings. The van der Waals surface area contributed by atoms with Crippen molar-refractivity contribution >= 4 is 11.3 Å². The first-order valence-electron chi connectivity index (χ1n) is 12.5. The number of hydrogen-bond donors (Lipinski definition) is 1. The van der Waals surface area contributed by atoms with Gasteiger partial charge in [0, 0.05) is 25.0 Å². The highest BCUT2D eigenvalue weighted by Gasteiger charge is 2.66. The van der Waals surface area contributed by atoms with Crippen LogP contribution in [-0.4, -0.2) is 45.9 Å². The normalized spacial score (nSPS) is 30.4. The van der Waals surface area contributed by atoms with Crippen molar-refractivity contribution in [3.63, 3.8) is 0 Å². The van der Waals surface area contributed by atoms with Crippen LogP contribution in [0.4, 0.5) is 5.69 Å². The number of nitrogens with one attached hydrogen (secondary N) is 1. The second-order valence-corrected chi connectivity index (χ2v) is 10.6. The molecule has 5 heterocycles. The highest BCUT2D eigenvalue weighted by molar-refractivity contribution is 5.57. The first kappa shape index (κ1) is 21.6. The van der Waals surface area contributed by atoms with E-state index in [0.717, 1.165) is 61.9 Å². The standard InChI is InChI=1S/C21H26N6O.C6H6/c1-13-3-6-26(9-13)16-7-14(2)18-23-19(25-27(18)10-16)21-8-15(11-28-21)17(21)24-20(12-22)4-5-20;1-2-4-6-5-3-1/h7,10,13,15,17,24H,3-6,8-9,11H2,1-2H3;1-6H. The van der Waals surface area contributed by atoms with Crippen LogP contribution in [0.2, 0.25) is 0 Å². The van der Waals surface area contributed by atoms with Crippen LogP contribution in [0, 0.1) is 30.1 Å². The Balaban J connectivity index is 0.000000318. The first-order chi connectivity index (χ1) is 16.5. The molecule has 0 spiro atoms. The Morgan fingerprint density at radius 3 is 2.50 bits per heavy atom. The van der Waals surface area contributed by atoms with Gasteiger partial charge in [-0.15, -0.1) is 5.10 Å². The van der Waals surface area contributed by atoms with Crippen LogP contribution in [0.1, 0.15) is 44.0 Å². The fourth-order valence-electron chi connectivity index (χ4n) is 5.69. The molecule has 2 aromatic heterocycles. The summed E-state index contributed by atoms with van der Waals surface area (Å²) in [6.45, 7) is 7.35. The van der Waals surface area contributed by atoms with E-state index in [1.54, 1.807) is 0 Å². The molecule has 2 saturated carbocycles. The summed E-state index contributed by atoms with van der Waals surface area (Å²) in [5.41, 5.74) is 2.44. The number of hydrogen-bond acceptors (Lipinski definition) is 6. The lowest BCUT2D eigenvalue weighted by Gasteiger charge is -2.44. The van der Waals surface area contributed by atoms with Gasteiger partial charge >= 0.3 is 0 Å². The Hall–Kier alpha value is -2.95. The van der Waals surface area contributed by atoms with E-state index in [1.807, 2.05) is 40.9 Å². The molecule has 176 valence electrons. The van der Waals surface area contributed by atoms with E-state index >= 15 is 0 Å². The topological polar surface area (TPSA) is 78.5 Å². The monoisotopic (exact) mass is 456 g/mol. The maximum Gasteiger partial charge on any atom is 0.185 e. The average Bonchev–Trinajstić information content (AvgIpc) is 3.26. The van der Waals surface area contributed by atoms with Gasteiger partial charge in [0.05, 0.1) is 24.6 Å². The van der Waals surface area contributed by atoms with Gasteiger partial charge in [0.25, 0.3) is 0 Å². The molecule has 1 N–H and O–H groups in total. The summed E-state index contributed by atoms with van der Waals surface area (Å²) in [5.74, 6) is 1.96. The van der Waals surface area contributed by atoms with Crippen LogP contribution >= 0.6 is 0 Å². The van der Waals surface area contributed by atoms with Gasteiger partial charge in [-0.2, -0.15) is 5.26 Å². The third-order valence-electron chi connectivity index (χ3n) is 7.93. The van der Waals surface area contributed by atoms with Crippen LogP contribution in [0.15, 0.2) is 48.7 Å². The minimum atomic E-state index is -0.474. The fourth-order valence-corrected chi connectivity index (χ4v) is 5.69. The summed E-state index contributed by atoms with van der Waals surface area (Å²) in [6, 6.07) is 16.8. The van der Waals surface area contributed by atoms with Gasteiger partial charge in [0.15, 0.2) is 11.5 Å². The summed E-state index contributed by atoms with van der Waals surface area (Å²) in [5, 5.41) is 17.9.